The third-order valence-electron chi connectivity index (χ3n) is 2.07. The van der Waals surface area contributed by atoms with Crippen molar-refractivity contribution in [1.82, 2.24) is 0 Å². The van der Waals surface area contributed by atoms with E-state index in [0.29, 0.717) is 22.9 Å². The fraction of sp³-hybridized carbons (Fsp3) is 0.364. The van der Waals surface area contributed by atoms with Crippen LogP contribution in [0.2, 0.25) is 0 Å². The second-order valence-electron chi connectivity index (χ2n) is 3.35. The van der Waals surface area contributed by atoms with E-state index < -0.39 is 10.8 Å². The van der Waals surface area contributed by atoms with Gasteiger partial charge in [0.2, 0.25) is 5.91 Å². The number of nitrogens with one attached hydrogen (secondary N) is 1. The highest BCUT2D eigenvalue weighted by molar-refractivity contribution is 7.84. The smallest absolute Gasteiger partial charge is 0.225 e. The predicted octanol–water partition coefficient (Wildman–Crippen LogP) is 1.37. The Balaban J connectivity index is 2.40. The van der Waals surface area contributed by atoms with Gasteiger partial charge in [0.1, 0.15) is 0 Å². The minimum atomic E-state index is -0.890. The van der Waals surface area contributed by atoms with E-state index in [-0.39, 0.29) is 12.3 Å². The van der Waals surface area contributed by atoms with Crippen molar-refractivity contribution in [3.63, 3.8) is 0 Å². The predicted molar refractivity (Wildman–Crippen MR) is 67.7 cm³/mol. The van der Waals surface area contributed by atoms with Crippen LogP contribution in [0.1, 0.15) is 13.3 Å². The first kappa shape index (κ1) is 12.7. The van der Waals surface area contributed by atoms with Crippen molar-refractivity contribution in [1.29, 1.82) is 0 Å². The van der Waals surface area contributed by atoms with Gasteiger partial charge < -0.3 is 11.1 Å². The second kappa shape index (κ2) is 6.27. The molecule has 1 aromatic rings. The molecule has 0 aliphatic heterocycles. The van der Waals surface area contributed by atoms with Crippen LogP contribution in [0.3, 0.4) is 0 Å². The molecule has 5 heteroatoms. The zero-order valence-electron chi connectivity index (χ0n) is 9.23. The highest BCUT2D eigenvalue weighted by Crippen LogP contribution is 2.10. The molecule has 3 N–H and O–H groups in total. The van der Waals surface area contributed by atoms with Gasteiger partial charge in [-0.3, -0.25) is 9.00 Å². The summed E-state index contributed by atoms with van der Waals surface area (Å²) in [5, 5.41) is 2.72. The van der Waals surface area contributed by atoms with Gasteiger partial charge >= 0.3 is 0 Å². The molecule has 16 heavy (non-hydrogen) atoms. The van der Waals surface area contributed by atoms with Crippen LogP contribution < -0.4 is 11.1 Å². The van der Waals surface area contributed by atoms with Gasteiger partial charge in [-0.05, 0) is 24.3 Å². The van der Waals surface area contributed by atoms with Crippen LogP contribution in [-0.2, 0) is 15.6 Å². The highest BCUT2D eigenvalue weighted by atomic mass is 32.2. The molecule has 0 aliphatic carbocycles. The van der Waals surface area contributed by atoms with E-state index in [0.717, 1.165) is 0 Å². The zero-order valence-corrected chi connectivity index (χ0v) is 10.0. The average Bonchev–Trinajstić information content (AvgIpc) is 2.29. The number of nitrogen functional groups attached to an aromatic ring is 1. The molecular weight excluding hydrogens is 224 g/mol. The van der Waals surface area contributed by atoms with Gasteiger partial charge in [0, 0.05) is 40.1 Å². The van der Waals surface area contributed by atoms with Gasteiger partial charge in [-0.1, -0.05) is 6.92 Å². The lowest BCUT2D eigenvalue weighted by atomic mass is 10.3. The second-order valence-corrected chi connectivity index (χ2v) is 5.22. The maximum Gasteiger partial charge on any atom is 0.225 e. The quantitative estimate of drug-likeness (QED) is 0.763. The summed E-state index contributed by atoms with van der Waals surface area (Å²) < 4.78 is 11.1. The van der Waals surface area contributed by atoms with E-state index in [9.17, 15) is 9.00 Å². The number of hydrogen-bond acceptors (Lipinski definition) is 3. The Bertz CT molecular complexity index is 376. The molecule has 88 valence electrons. The number of nitrogens with two attached hydrogens (primary N) is 1. The minimum Gasteiger partial charge on any atom is -0.399 e. The average molecular weight is 240 g/mol. The van der Waals surface area contributed by atoms with Crippen molar-refractivity contribution in [2.24, 2.45) is 0 Å². The highest BCUT2D eigenvalue weighted by Gasteiger charge is 2.04. The summed E-state index contributed by atoms with van der Waals surface area (Å²) in [6.07, 6.45) is 0.283. The molecule has 0 spiro atoms. The molecule has 1 unspecified atom stereocenters. The molecule has 1 atom stereocenters. The Morgan fingerprint density at radius 1 is 1.38 bits per heavy atom. The summed E-state index contributed by atoms with van der Waals surface area (Å²) in [6, 6.07) is 6.92. The summed E-state index contributed by atoms with van der Waals surface area (Å²) in [5.41, 5.74) is 6.89. The van der Waals surface area contributed by atoms with Gasteiger partial charge in [-0.25, -0.2) is 0 Å². The molecule has 0 saturated heterocycles. The fourth-order valence-corrected chi connectivity index (χ4v) is 1.84. The largest absolute Gasteiger partial charge is 0.399 e. The Kier molecular flexibility index (Phi) is 4.98. The van der Waals surface area contributed by atoms with Crippen LogP contribution in [0.15, 0.2) is 24.3 Å². The Labute approximate surface area is 97.7 Å². The zero-order chi connectivity index (χ0) is 12.0. The number of carbonyl (C=O) groups is 1. The van der Waals surface area contributed by atoms with E-state index in [1.807, 2.05) is 6.92 Å². The van der Waals surface area contributed by atoms with Gasteiger partial charge in [0.15, 0.2) is 0 Å². The van der Waals surface area contributed by atoms with Crippen molar-refractivity contribution >= 4 is 28.1 Å². The molecule has 1 aromatic carbocycles. The standard InChI is InChI=1S/C11H16N2O2S/c1-2-16(15)8-7-11(14)13-10-5-3-9(12)4-6-10/h3-6H,2,7-8,12H2,1H3,(H,13,14). The van der Waals surface area contributed by atoms with Crippen LogP contribution in [0.5, 0.6) is 0 Å². The molecule has 0 fully saturated rings. The molecule has 1 rings (SSSR count). The maximum atomic E-state index is 11.4. The fourth-order valence-electron chi connectivity index (χ4n) is 1.14. The van der Waals surface area contributed by atoms with E-state index >= 15 is 0 Å². The van der Waals surface area contributed by atoms with Crippen LogP contribution >= 0.6 is 0 Å². The third-order valence-corrected chi connectivity index (χ3v) is 3.38. The van der Waals surface area contributed by atoms with Crippen molar-refractivity contribution in [2.45, 2.75) is 13.3 Å². The first-order chi connectivity index (χ1) is 7.61. The van der Waals surface area contributed by atoms with Crippen molar-refractivity contribution < 1.29 is 9.00 Å². The SMILES string of the molecule is CCS(=O)CCC(=O)Nc1ccc(N)cc1. The van der Waals surface area contributed by atoms with Gasteiger partial charge in [-0.15, -0.1) is 0 Å². The van der Waals surface area contributed by atoms with Gasteiger partial charge in [0.25, 0.3) is 0 Å². The van der Waals surface area contributed by atoms with Gasteiger partial charge in [0.05, 0.1) is 0 Å². The van der Waals surface area contributed by atoms with Crippen LogP contribution in [-0.4, -0.2) is 21.6 Å². The topological polar surface area (TPSA) is 72.2 Å². The van der Waals surface area contributed by atoms with Crippen LogP contribution in [0.4, 0.5) is 11.4 Å². The summed E-state index contributed by atoms with van der Waals surface area (Å²) in [7, 11) is -0.890. The number of carbonyl (C=O) groups excluding carboxylic acids is 1. The molecule has 0 aromatic heterocycles. The lowest BCUT2D eigenvalue weighted by Gasteiger charge is -2.04. The molecular formula is C11H16N2O2S. The molecule has 0 aliphatic rings. The van der Waals surface area contributed by atoms with Crippen LogP contribution in [0.25, 0.3) is 0 Å². The lowest BCUT2D eigenvalue weighted by Crippen LogP contribution is -2.15. The summed E-state index contributed by atoms with van der Waals surface area (Å²) in [5.74, 6) is 0.887. The first-order valence-electron chi connectivity index (χ1n) is 5.12. The number of rotatable bonds is 5. The molecule has 0 bridgehead atoms. The Morgan fingerprint density at radius 3 is 2.56 bits per heavy atom. The number of amides is 1. The van der Waals surface area contributed by atoms with Crippen molar-refractivity contribution in [3.8, 4) is 0 Å². The van der Waals surface area contributed by atoms with E-state index in [2.05, 4.69) is 5.32 Å². The number of benzene rings is 1. The number of anilines is 2. The monoisotopic (exact) mass is 240 g/mol. The minimum absolute atomic E-state index is 0.119. The molecule has 4 nitrogen and oxygen atoms in total. The third kappa shape index (κ3) is 4.44. The van der Waals surface area contributed by atoms with E-state index in [4.69, 9.17) is 5.73 Å². The number of hydrogen-bond donors (Lipinski definition) is 2. The maximum absolute atomic E-state index is 11.4. The van der Waals surface area contributed by atoms with Crippen molar-refractivity contribution in [2.75, 3.05) is 22.6 Å². The molecule has 0 radical (unpaired) electrons. The molecule has 0 saturated carbocycles. The van der Waals surface area contributed by atoms with Gasteiger partial charge in [-0.2, -0.15) is 0 Å². The summed E-state index contributed by atoms with van der Waals surface area (Å²) in [6.45, 7) is 1.84. The summed E-state index contributed by atoms with van der Waals surface area (Å²) >= 11 is 0. The van der Waals surface area contributed by atoms with Crippen LogP contribution in [0, 0.1) is 0 Å². The summed E-state index contributed by atoms with van der Waals surface area (Å²) in [4.78, 5) is 11.4. The molecule has 1 amide bonds. The van der Waals surface area contributed by atoms with Crippen molar-refractivity contribution in [3.05, 3.63) is 24.3 Å². The van der Waals surface area contributed by atoms with E-state index in [1.165, 1.54) is 0 Å². The normalized spacial score (nSPS) is 12.1. The Morgan fingerprint density at radius 2 is 2.00 bits per heavy atom. The van der Waals surface area contributed by atoms with E-state index in [1.54, 1.807) is 24.3 Å². The Hall–Kier alpha value is -1.36. The lowest BCUT2D eigenvalue weighted by molar-refractivity contribution is -0.115. The first-order valence-corrected chi connectivity index (χ1v) is 6.61. The molecule has 0 heterocycles.